The Labute approximate surface area is 85.5 Å². The molecule has 1 aliphatic heterocycles. The third kappa shape index (κ3) is 1.69. The van der Waals surface area contributed by atoms with Crippen LogP contribution in [0.5, 0.6) is 0 Å². The second kappa shape index (κ2) is 3.64. The van der Waals surface area contributed by atoms with Crippen molar-refractivity contribution in [2.75, 3.05) is 18.0 Å². The maximum absolute atomic E-state index is 8.93. The number of aliphatic hydroxyl groups is 1. The van der Waals surface area contributed by atoms with Crippen LogP contribution in [0.4, 0.5) is 5.82 Å². The second-order valence-electron chi connectivity index (χ2n) is 3.11. The number of halogens is 1. The Morgan fingerprint density at radius 1 is 1.46 bits per heavy atom. The topological polar surface area (TPSA) is 36.4 Å². The molecule has 0 atom stereocenters. The van der Waals surface area contributed by atoms with Crippen LogP contribution in [0.2, 0.25) is 0 Å². The van der Waals surface area contributed by atoms with Gasteiger partial charge in [-0.25, -0.2) is 4.98 Å². The van der Waals surface area contributed by atoms with Gasteiger partial charge in [0.15, 0.2) is 0 Å². The zero-order chi connectivity index (χ0) is 9.26. The Balaban J connectivity index is 2.30. The predicted molar refractivity (Wildman–Crippen MR) is 54.7 cm³/mol. The minimum Gasteiger partial charge on any atom is -0.390 e. The van der Waals surface area contributed by atoms with Crippen LogP contribution in [0.25, 0.3) is 0 Å². The van der Waals surface area contributed by atoms with E-state index in [1.165, 1.54) is 6.42 Å². The van der Waals surface area contributed by atoms with E-state index in [-0.39, 0.29) is 6.61 Å². The molecule has 0 bridgehead atoms. The highest BCUT2D eigenvalue weighted by Gasteiger charge is 2.18. The van der Waals surface area contributed by atoms with Gasteiger partial charge in [0.25, 0.3) is 0 Å². The fourth-order valence-electron chi connectivity index (χ4n) is 1.31. The molecular weight excluding hydrogens is 232 g/mol. The third-order valence-corrected chi connectivity index (χ3v) is 2.82. The Morgan fingerprint density at radius 3 is 2.77 bits per heavy atom. The van der Waals surface area contributed by atoms with Gasteiger partial charge in [-0.15, -0.1) is 0 Å². The van der Waals surface area contributed by atoms with Crippen molar-refractivity contribution in [3.63, 3.8) is 0 Å². The van der Waals surface area contributed by atoms with Crippen LogP contribution < -0.4 is 4.90 Å². The zero-order valence-electron chi connectivity index (χ0n) is 7.20. The van der Waals surface area contributed by atoms with Crippen molar-refractivity contribution in [1.29, 1.82) is 0 Å². The van der Waals surface area contributed by atoms with Gasteiger partial charge in [0.1, 0.15) is 5.82 Å². The molecule has 70 valence electrons. The Bertz CT molecular complexity index is 312. The Hall–Kier alpha value is -0.610. The molecular formula is C9H11BrN2O. The first-order chi connectivity index (χ1) is 6.31. The molecule has 0 amide bonds. The van der Waals surface area contributed by atoms with Crippen molar-refractivity contribution >= 4 is 21.7 Å². The second-order valence-corrected chi connectivity index (χ2v) is 3.96. The van der Waals surface area contributed by atoms with Crippen LogP contribution in [0.15, 0.2) is 16.6 Å². The van der Waals surface area contributed by atoms with Crippen molar-refractivity contribution in [1.82, 2.24) is 4.98 Å². The molecule has 3 nitrogen and oxygen atoms in total. The Morgan fingerprint density at radius 2 is 2.23 bits per heavy atom. The molecule has 2 rings (SSSR count). The molecule has 1 aliphatic rings. The molecule has 2 heterocycles. The number of anilines is 1. The number of rotatable bonds is 2. The van der Waals surface area contributed by atoms with Gasteiger partial charge in [-0.05, 0) is 34.5 Å². The summed E-state index contributed by atoms with van der Waals surface area (Å²) in [5.74, 6) is 0.956. The van der Waals surface area contributed by atoms with Gasteiger partial charge in [0.2, 0.25) is 0 Å². The van der Waals surface area contributed by atoms with Crippen molar-refractivity contribution in [3.8, 4) is 0 Å². The van der Waals surface area contributed by atoms with E-state index in [1.54, 1.807) is 0 Å². The van der Waals surface area contributed by atoms with Crippen molar-refractivity contribution in [2.24, 2.45) is 0 Å². The van der Waals surface area contributed by atoms with Crippen molar-refractivity contribution < 1.29 is 5.11 Å². The van der Waals surface area contributed by atoms with Crippen LogP contribution in [0.3, 0.4) is 0 Å². The molecule has 4 heteroatoms. The third-order valence-electron chi connectivity index (χ3n) is 2.20. The number of pyridine rings is 1. The number of hydrogen-bond acceptors (Lipinski definition) is 3. The molecule has 1 saturated heterocycles. The first kappa shape index (κ1) is 8.97. The number of hydrogen-bond donors (Lipinski definition) is 1. The van der Waals surface area contributed by atoms with E-state index in [0.717, 1.165) is 29.1 Å². The summed E-state index contributed by atoms with van der Waals surface area (Å²) in [4.78, 5) is 6.54. The number of aliphatic hydroxyl groups excluding tert-OH is 1. The minimum atomic E-state index is 0.00806. The molecule has 0 spiro atoms. The molecule has 0 saturated carbocycles. The molecule has 0 aliphatic carbocycles. The fourth-order valence-corrected chi connectivity index (χ4v) is 1.78. The van der Waals surface area contributed by atoms with Gasteiger partial charge in [-0.2, -0.15) is 0 Å². The fraction of sp³-hybridized carbons (Fsp3) is 0.444. The summed E-state index contributed by atoms with van der Waals surface area (Å²) < 4.78 is 1.00. The lowest BCUT2D eigenvalue weighted by Crippen LogP contribution is -2.38. The summed E-state index contributed by atoms with van der Waals surface area (Å²) in [6.45, 7) is 2.15. The summed E-state index contributed by atoms with van der Waals surface area (Å²) in [5, 5.41) is 8.93. The van der Waals surface area contributed by atoms with Gasteiger partial charge in [-0.3, -0.25) is 0 Å². The smallest absolute Gasteiger partial charge is 0.143 e. The summed E-state index contributed by atoms with van der Waals surface area (Å²) >= 11 is 3.45. The summed E-state index contributed by atoms with van der Waals surface area (Å²) in [5.41, 5.74) is 0.727. The van der Waals surface area contributed by atoms with Crippen LogP contribution in [-0.4, -0.2) is 23.2 Å². The van der Waals surface area contributed by atoms with Gasteiger partial charge in [0, 0.05) is 13.1 Å². The minimum absolute atomic E-state index is 0.00806. The van der Waals surface area contributed by atoms with E-state index in [2.05, 4.69) is 25.8 Å². The predicted octanol–water partition coefficient (Wildman–Crippen LogP) is 1.55. The van der Waals surface area contributed by atoms with Gasteiger partial charge >= 0.3 is 0 Å². The quantitative estimate of drug-likeness (QED) is 0.856. The van der Waals surface area contributed by atoms with Crippen molar-refractivity contribution in [2.45, 2.75) is 13.0 Å². The lowest BCUT2D eigenvalue weighted by molar-refractivity contribution is 0.277. The highest BCUT2D eigenvalue weighted by atomic mass is 79.9. The van der Waals surface area contributed by atoms with Gasteiger partial charge in [0.05, 0.1) is 16.8 Å². The molecule has 0 aromatic carbocycles. The number of aromatic nitrogens is 1. The van der Waals surface area contributed by atoms with E-state index in [0.29, 0.717) is 0 Å². The molecule has 1 aromatic heterocycles. The van der Waals surface area contributed by atoms with Gasteiger partial charge in [-0.1, -0.05) is 0 Å². The summed E-state index contributed by atoms with van der Waals surface area (Å²) in [6.07, 6.45) is 1.23. The maximum atomic E-state index is 8.93. The number of nitrogens with zero attached hydrogens (tertiary/aromatic N) is 2. The van der Waals surface area contributed by atoms with Crippen LogP contribution in [-0.2, 0) is 6.61 Å². The highest BCUT2D eigenvalue weighted by molar-refractivity contribution is 9.10. The maximum Gasteiger partial charge on any atom is 0.143 e. The Kier molecular flexibility index (Phi) is 2.51. The molecule has 1 N–H and O–H groups in total. The molecule has 1 fully saturated rings. The van der Waals surface area contributed by atoms with Crippen LogP contribution in [0.1, 0.15) is 12.1 Å². The largest absolute Gasteiger partial charge is 0.390 e. The van der Waals surface area contributed by atoms with Crippen LogP contribution >= 0.6 is 15.9 Å². The SMILES string of the molecule is OCc1ccc(Br)c(N2CCC2)n1. The molecule has 0 unspecified atom stereocenters. The normalized spacial score (nSPS) is 15.7. The lowest BCUT2D eigenvalue weighted by atomic mass is 10.2. The van der Waals surface area contributed by atoms with E-state index in [1.807, 2.05) is 12.1 Å². The van der Waals surface area contributed by atoms with Crippen molar-refractivity contribution in [3.05, 3.63) is 22.3 Å². The summed E-state index contributed by atoms with van der Waals surface area (Å²) in [6, 6.07) is 3.76. The average molecular weight is 243 g/mol. The molecule has 0 radical (unpaired) electrons. The average Bonchev–Trinajstić information content (AvgIpc) is 2.06. The van der Waals surface area contributed by atoms with Gasteiger partial charge < -0.3 is 10.0 Å². The molecule has 1 aromatic rings. The van der Waals surface area contributed by atoms with E-state index < -0.39 is 0 Å². The first-order valence-electron chi connectivity index (χ1n) is 4.32. The first-order valence-corrected chi connectivity index (χ1v) is 5.12. The highest BCUT2D eigenvalue weighted by Crippen LogP contribution is 2.27. The summed E-state index contributed by atoms with van der Waals surface area (Å²) in [7, 11) is 0. The zero-order valence-corrected chi connectivity index (χ0v) is 8.79. The monoisotopic (exact) mass is 242 g/mol. The van der Waals surface area contributed by atoms with E-state index in [4.69, 9.17) is 5.11 Å². The lowest BCUT2D eigenvalue weighted by Gasteiger charge is -2.32. The molecule has 13 heavy (non-hydrogen) atoms. The van der Waals surface area contributed by atoms with E-state index in [9.17, 15) is 0 Å². The van der Waals surface area contributed by atoms with Crippen LogP contribution in [0, 0.1) is 0 Å². The van der Waals surface area contributed by atoms with E-state index >= 15 is 0 Å². The standard InChI is InChI=1S/C9H11BrN2O/c10-8-3-2-7(6-13)11-9(8)12-4-1-5-12/h2-3,13H,1,4-6H2.